The van der Waals surface area contributed by atoms with E-state index in [4.69, 9.17) is 9.47 Å². The molecule has 1 aromatic carbocycles. The molecule has 21 heavy (non-hydrogen) atoms. The van der Waals surface area contributed by atoms with Gasteiger partial charge < -0.3 is 14.8 Å². The molecule has 1 aliphatic rings. The van der Waals surface area contributed by atoms with E-state index in [1.54, 1.807) is 6.07 Å². The molecule has 1 atom stereocenters. The van der Waals surface area contributed by atoms with Crippen LogP contribution in [-0.4, -0.2) is 26.2 Å². The summed E-state index contributed by atoms with van der Waals surface area (Å²) >= 11 is 0. The highest BCUT2D eigenvalue weighted by molar-refractivity contribution is 5.94. The third-order valence-electron chi connectivity index (χ3n) is 3.81. The van der Waals surface area contributed by atoms with Gasteiger partial charge in [0.05, 0.1) is 7.11 Å². The number of hydrogen-bond acceptors (Lipinski definition) is 4. The van der Waals surface area contributed by atoms with Crippen molar-refractivity contribution in [2.24, 2.45) is 0 Å². The molecular weight excluding hydrogens is 266 g/mol. The lowest BCUT2D eigenvalue weighted by Gasteiger charge is -2.20. The molecule has 0 amide bonds. The molecule has 114 valence electrons. The zero-order chi connectivity index (χ0) is 15.2. The summed E-state index contributed by atoms with van der Waals surface area (Å²) in [5.41, 5.74) is 2.36. The van der Waals surface area contributed by atoms with Crippen molar-refractivity contribution < 1.29 is 14.3 Å². The Balaban J connectivity index is 2.36. The molecular formula is C17H23NO3. The van der Waals surface area contributed by atoms with Gasteiger partial charge in [0.25, 0.3) is 0 Å². The molecule has 1 unspecified atom stereocenters. The summed E-state index contributed by atoms with van der Waals surface area (Å²) in [4.78, 5) is 12.0. The first-order valence-corrected chi connectivity index (χ1v) is 7.40. The van der Waals surface area contributed by atoms with Gasteiger partial charge in [0.1, 0.15) is 17.4 Å². The van der Waals surface area contributed by atoms with Crippen LogP contribution < -0.4 is 10.1 Å². The molecule has 0 bridgehead atoms. The van der Waals surface area contributed by atoms with Gasteiger partial charge in [-0.1, -0.05) is 6.08 Å². The Morgan fingerprint density at radius 1 is 1.33 bits per heavy atom. The summed E-state index contributed by atoms with van der Waals surface area (Å²) in [6.45, 7) is 1.95. The van der Waals surface area contributed by atoms with E-state index in [9.17, 15) is 4.79 Å². The summed E-state index contributed by atoms with van der Waals surface area (Å²) in [6.07, 6.45) is 8.67. The minimum absolute atomic E-state index is 0.0155. The van der Waals surface area contributed by atoms with Crippen LogP contribution in [0.4, 0.5) is 5.69 Å². The number of esters is 1. The van der Waals surface area contributed by atoms with Crippen LogP contribution in [-0.2, 0) is 4.74 Å². The summed E-state index contributed by atoms with van der Waals surface area (Å²) in [5.74, 6) is 0.249. The molecule has 0 fully saturated rings. The fourth-order valence-electron chi connectivity index (χ4n) is 2.59. The quantitative estimate of drug-likeness (QED) is 0.678. The van der Waals surface area contributed by atoms with Gasteiger partial charge >= 0.3 is 5.97 Å². The summed E-state index contributed by atoms with van der Waals surface area (Å²) in [6, 6.07) is 3.62. The second kappa shape index (κ2) is 7.16. The molecule has 0 saturated carbocycles. The molecule has 1 N–H and O–H groups in total. The van der Waals surface area contributed by atoms with Crippen LogP contribution >= 0.6 is 0 Å². The van der Waals surface area contributed by atoms with E-state index in [1.807, 2.05) is 20.0 Å². The van der Waals surface area contributed by atoms with Crippen LogP contribution in [0.5, 0.6) is 5.75 Å². The first-order chi connectivity index (χ1) is 10.2. The summed E-state index contributed by atoms with van der Waals surface area (Å²) < 4.78 is 11.0. The van der Waals surface area contributed by atoms with Crippen molar-refractivity contribution in [3.63, 3.8) is 0 Å². The average molecular weight is 289 g/mol. The second-order valence-electron chi connectivity index (χ2n) is 5.23. The molecule has 0 heterocycles. The number of carbonyl (C=O) groups excluding carboxylic acids is 1. The van der Waals surface area contributed by atoms with Gasteiger partial charge in [-0.2, -0.15) is 0 Å². The molecule has 0 aliphatic heterocycles. The van der Waals surface area contributed by atoms with Gasteiger partial charge in [-0.15, -0.1) is 0 Å². The molecule has 2 rings (SSSR count). The lowest BCUT2D eigenvalue weighted by molar-refractivity contribution is 0.0594. The van der Waals surface area contributed by atoms with Crippen LogP contribution in [0, 0.1) is 6.92 Å². The first kappa shape index (κ1) is 15.4. The lowest BCUT2D eigenvalue weighted by Crippen LogP contribution is -2.17. The number of benzene rings is 1. The fourth-order valence-corrected chi connectivity index (χ4v) is 2.59. The highest BCUT2D eigenvalue weighted by Crippen LogP contribution is 2.32. The molecule has 4 nitrogen and oxygen atoms in total. The Kier molecular flexibility index (Phi) is 5.26. The number of nitrogens with one attached hydrogen (secondary N) is 1. The highest BCUT2D eigenvalue weighted by Gasteiger charge is 2.20. The SMILES string of the molecule is CNc1ccc(C(=O)OC)c(OC2C=CCCCC2)c1C. The number of hydrogen-bond donors (Lipinski definition) is 1. The predicted octanol–water partition coefficient (Wildman–Crippen LogP) is 3.70. The van der Waals surface area contributed by atoms with Crippen molar-refractivity contribution in [1.82, 2.24) is 0 Å². The maximum absolute atomic E-state index is 12.0. The van der Waals surface area contributed by atoms with Gasteiger partial charge in [-0.25, -0.2) is 4.79 Å². The van der Waals surface area contributed by atoms with E-state index >= 15 is 0 Å². The van der Waals surface area contributed by atoms with Crippen molar-refractivity contribution in [2.75, 3.05) is 19.5 Å². The maximum Gasteiger partial charge on any atom is 0.341 e. The minimum Gasteiger partial charge on any atom is -0.485 e. The zero-order valence-electron chi connectivity index (χ0n) is 12.9. The largest absolute Gasteiger partial charge is 0.485 e. The standard InChI is InChI=1S/C17H23NO3/c1-12-15(18-2)11-10-14(17(19)20-3)16(12)21-13-8-6-4-5-7-9-13/h6,8,10-11,13,18H,4-5,7,9H2,1-3H3. The predicted molar refractivity (Wildman–Crippen MR) is 84.1 cm³/mol. The van der Waals surface area contributed by atoms with Gasteiger partial charge in [0, 0.05) is 18.3 Å². The fraction of sp³-hybridized carbons (Fsp3) is 0.471. The molecule has 0 aromatic heterocycles. The number of carbonyl (C=O) groups is 1. The Morgan fingerprint density at radius 3 is 2.86 bits per heavy atom. The van der Waals surface area contributed by atoms with Crippen LogP contribution in [0.3, 0.4) is 0 Å². The highest BCUT2D eigenvalue weighted by atomic mass is 16.5. The van der Waals surface area contributed by atoms with Crippen LogP contribution in [0.25, 0.3) is 0 Å². The van der Waals surface area contributed by atoms with Crippen LogP contribution in [0.15, 0.2) is 24.3 Å². The monoisotopic (exact) mass is 289 g/mol. The van der Waals surface area contributed by atoms with Crippen molar-refractivity contribution in [2.45, 2.75) is 38.7 Å². The van der Waals surface area contributed by atoms with E-state index in [0.717, 1.165) is 30.5 Å². The van der Waals surface area contributed by atoms with Crippen molar-refractivity contribution in [1.29, 1.82) is 0 Å². The van der Waals surface area contributed by atoms with Gasteiger partial charge in [0.2, 0.25) is 0 Å². The minimum atomic E-state index is -0.367. The molecule has 0 radical (unpaired) electrons. The van der Waals surface area contributed by atoms with Crippen molar-refractivity contribution in [3.05, 3.63) is 35.4 Å². The molecule has 1 aliphatic carbocycles. The third kappa shape index (κ3) is 3.57. The van der Waals surface area contributed by atoms with E-state index in [0.29, 0.717) is 11.3 Å². The molecule has 0 spiro atoms. The Labute approximate surface area is 126 Å². The number of rotatable bonds is 4. The third-order valence-corrected chi connectivity index (χ3v) is 3.81. The van der Waals surface area contributed by atoms with E-state index in [-0.39, 0.29) is 12.1 Å². The number of ether oxygens (including phenoxy) is 2. The summed E-state index contributed by atoms with van der Waals surface area (Å²) in [5, 5.41) is 3.12. The smallest absolute Gasteiger partial charge is 0.341 e. The number of anilines is 1. The number of allylic oxidation sites excluding steroid dienone is 1. The van der Waals surface area contributed by atoms with Crippen molar-refractivity contribution >= 4 is 11.7 Å². The zero-order valence-corrected chi connectivity index (χ0v) is 12.9. The average Bonchev–Trinajstić information content (AvgIpc) is 2.77. The van der Waals surface area contributed by atoms with Crippen molar-refractivity contribution in [3.8, 4) is 5.75 Å². The van der Waals surface area contributed by atoms with E-state index in [2.05, 4.69) is 17.5 Å². The summed E-state index contributed by atoms with van der Waals surface area (Å²) in [7, 11) is 3.24. The topological polar surface area (TPSA) is 47.6 Å². The maximum atomic E-state index is 12.0. The molecule has 1 aromatic rings. The second-order valence-corrected chi connectivity index (χ2v) is 5.23. The van der Waals surface area contributed by atoms with Gasteiger partial charge in [-0.05, 0) is 50.8 Å². The first-order valence-electron chi connectivity index (χ1n) is 7.40. The molecule has 4 heteroatoms. The van der Waals surface area contributed by atoms with Crippen LogP contribution in [0.2, 0.25) is 0 Å². The van der Waals surface area contributed by atoms with E-state index < -0.39 is 0 Å². The molecule has 0 saturated heterocycles. The normalized spacial score (nSPS) is 18.0. The van der Waals surface area contributed by atoms with Crippen LogP contribution in [0.1, 0.15) is 41.6 Å². The lowest BCUT2D eigenvalue weighted by atomic mass is 10.1. The van der Waals surface area contributed by atoms with Gasteiger partial charge in [0.15, 0.2) is 0 Å². The van der Waals surface area contributed by atoms with E-state index in [1.165, 1.54) is 13.5 Å². The number of methoxy groups -OCH3 is 1. The Hall–Kier alpha value is -1.97. The Bertz CT molecular complexity index is 537. The van der Waals surface area contributed by atoms with Gasteiger partial charge in [-0.3, -0.25) is 0 Å². The Morgan fingerprint density at radius 2 is 2.14 bits per heavy atom.